The third kappa shape index (κ3) is 2.92. The summed E-state index contributed by atoms with van der Waals surface area (Å²) in [5, 5.41) is 8.94. The molecule has 0 aliphatic heterocycles. The number of carbonyl (C=O) groups excluding carboxylic acids is 1. The minimum Gasteiger partial charge on any atom is -0.340 e. The van der Waals surface area contributed by atoms with E-state index in [9.17, 15) is 4.79 Å². The van der Waals surface area contributed by atoms with Crippen molar-refractivity contribution in [1.82, 2.24) is 29.8 Å². The van der Waals surface area contributed by atoms with Gasteiger partial charge in [-0.05, 0) is 19.9 Å². The van der Waals surface area contributed by atoms with Gasteiger partial charge in [0.1, 0.15) is 0 Å². The first kappa shape index (κ1) is 15.1. The highest BCUT2D eigenvalue weighted by molar-refractivity contribution is 5.96. The van der Waals surface area contributed by atoms with Crippen molar-refractivity contribution in [2.45, 2.75) is 33.4 Å². The van der Waals surface area contributed by atoms with Gasteiger partial charge < -0.3 is 9.42 Å². The zero-order chi connectivity index (χ0) is 16.6. The van der Waals surface area contributed by atoms with Gasteiger partial charge in [-0.2, -0.15) is 10.1 Å². The lowest BCUT2D eigenvalue weighted by Gasteiger charge is -2.15. The van der Waals surface area contributed by atoms with Crippen molar-refractivity contribution in [3.63, 3.8) is 0 Å². The Labute approximate surface area is 133 Å². The molecule has 3 heterocycles. The van der Waals surface area contributed by atoms with E-state index in [4.69, 9.17) is 4.52 Å². The second kappa shape index (κ2) is 5.79. The lowest BCUT2D eigenvalue weighted by molar-refractivity contribution is 0.0780. The zero-order valence-corrected chi connectivity index (χ0v) is 13.5. The van der Waals surface area contributed by atoms with Crippen LogP contribution in [0.25, 0.3) is 11.0 Å². The molecule has 3 aromatic heterocycles. The van der Waals surface area contributed by atoms with Crippen molar-refractivity contribution >= 4 is 16.9 Å². The Morgan fingerprint density at radius 1 is 1.39 bits per heavy atom. The fourth-order valence-electron chi connectivity index (χ4n) is 2.34. The summed E-state index contributed by atoms with van der Waals surface area (Å²) in [5.74, 6) is 0.796. The van der Waals surface area contributed by atoms with Gasteiger partial charge in [0.05, 0.1) is 18.3 Å². The van der Waals surface area contributed by atoms with Gasteiger partial charge in [0.2, 0.25) is 5.89 Å². The molecule has 0 aliphatic carbocycles. The second-order valence-electron chi connectivity index (χ2n) is 5.71. The molecule has 8 heteroatoms. The predicted octanol–water partition coefficient (Wildman–Crippen LogP) is 1.98. The van der Waals surface area contributed by atoms with Crippen molar-refractivity contribution in [1.29, 1.82) is 0 Å². The first-order valence-electron chi connectivity index (χ1n) is 7.33. The topological polar surface area (TPSA) is 89.9 Å². The van der Waals surface area contributed by atoms with E-state index in [0.717, 1.165) is 11.0 Å². The first-order chi connectivity index (χ1) is 11.0. The van der Waals surface area contributed by atoms with Crippen molar-refractivity contribution in [2.75, 3.05) is 7.05 Å². The van der Waals surface area contributed by atoms with Crippen LogP contribution in [0.2, 0.25) is 0 Å². The number of hydrogen-bond acceptors (Lipinski definition) is 6. The molecule has 0 radical (unpaired) electrons. The maximum Gasteiger partial charge on any atom is 0.255 e. The number of fused-ring (bicyclic) bond motifs is 1. The highest BCUT2D eigenvalue weighted by Gasteiger charge is 2.17. The standard InChI is InChI=1S/C15H18N6O2/c1-9(2)21-14-11(7-17-21)5-12(6-16-14)15(22)20(4)8-13-18-10(3)23-19-13/h5-7,9H,8H2,1-4H3. The predicted molar refractivity (Wildman–Crippen MR) is 82.7 cm³/mol. The highest BCUT2D eigenvalue weighted by atomic mass is 16.5. The summed E-state index contributed by atoms with van der Waals surface area (Å²) in [4.78, 5) is 22.5. The number of aryl methyl sites for hydroxylation is 1. The van der Waals surface area contributed by atoms with Crippen LogP contribution < -0.4 is 0 Å². The molecule has 0 aromatic carbocycles. The van der Waals surface area contributed by atoms with Crippen LogP contribution in [0.4, 0.5) is 0 Å². The molecular weight excluding hydrogens is 296 g/mol. The Kier molecular flexibility index (Phi) is 3.81. The molecule has 23 heavy (non-hydrogen) atoms. The molecule has 0 saturated carbocycles. The van der Waals surface area contributed by atoms with Crippen molar-refractivity contribution < 1.29 is 9.32 Å². The van der Waals surface area contributed by atoms with E-state index < -0.39 is 0 Å². The van der Waals surface area contributed by atoms with E-state index in [2.05, 4.69) is 20.2 Å². The normalized spacial score (nSPS) is 11.3. The van der Waals surface area contributed by atoms with Crippen molar-refractivity contribution in [3.05, 3.63) is 35.7 Å². The van der Waals surface area contributed by atoms with Gasteiger partial charge in [0.15, 0.2) is 11.5 Å². The Balaban J connectivity index is 1.82. The summed E-state index contributed by atoms with van der Waals surface area (Å²) in [6, 6.07) is 2.01. The number of rotatable bonds is 4. The average Bonchev–Trinajstić information content (AvgIpc) is 3.11. The van der Waals surface area contributed by atoms with Crippen LogP contribution in [-0.4, -0.2) is 42.8 Å². The Bertz CT molecular complexity index is 851. The van der Waals surface area contributed by atoms with E-state index in [0.29, 0.717) is 17.3 Å². The van der Waals surface area contributed by atoms with Crippen LogP contribution in [0, 0.1) is 6.92 Å². The van der Waals surface area contributed by atoms with Crippen LogP contribution in [0.5, 0.6) is 0 Å². The van der Waals surface area contributed by atoms with Crippen LogP contribution in [0.3, 0.4) is 0 Å². The largest absolute Gasteiger partial charge is 0.340 e. The SMILES string of the molecule is Cc1nc(CN(C)C(=O)c2cnc3c(cnn3C(C)C)c2)no1. The summed E-state index contributed by atoms with van der Waals surface area (Å²) >= 11 is 0. The third-order valence-electron chi connectivity index (χ3n) is 3.46. The summed E-state index contributed by atoms with van der Waals surface area (Å²) in [6.45, 7) is 6.06. The van der Waals surface area contributed by atoms with Crippen molar-refractivity contribution in [2.24, 2.45) is 0 Å². The summed E-state index contributed by atoms with van der Waals surface area (Å²) in [5.41, 5.74) is 1.27. The lowest BCUT2D eigenvalue weighted by Crippen LogP contribution is -2.26. The molecule has 0 atom stereocenters. The van der Waals surface area contributed by atoms with Crippen LogP contribution in [0.15, 0.2) is 23.0 Å². The van der Waals surface area contributed by atoms with Gasteiger partial charge in [-0.25, -0.2) is 9.67 Å². The molecule has 0 spiro atoms. The average molecular weight is 314 g/mol. The molecule has 0 bridgehead atoms. The number of pyridine rings is 1. The Morgan fingerprint density at radius 3 is 2.83 bits per heavy atom. The monoisotopic (exact) mass is 314 g/mol. The minimum atomic E-state index is -0.154. The smallest absolute Gasteiger partial charge is 0.255 e. The number of aromatic nitrogens is 5. The first-order valence-corrected chi connectivity index (χ1v) is 7.33. The van der Waals surface area contributed by atoms with E-state index >= 15 is 0 Å². The molecule has 0 unspecified atom stereocenters. The molecule has 0 fully saturated rings. The van der Waals surface area contributed by atoms with Gasteiger partial charge in [0.25, 0.3) is 5.91 Å². The van der Waals surface area contributed by atoms with Gasteiger partial charge in [-0.1, -0.05) is 5.16 Å². The van der Waals surface area contributed by atoms with Crippen LogP contribution >= 0.6 is 0 Å². The molecule has 8 nitrogen and oxygen atoms in total. The van der Waals surface area contributed by atoms with Gasteiger partial charge in [0, 0.05) is 31.6 Å². The van der Waals surface area contributed by atoms with Gasteiger partial charge >= 0.3 is 0 Å². The molecule has 0 aliphatic rings. The minimum absolute atomic E-state index is 0.154. The lowest BCUT2D eigenvalue weighted by atomic mass is 10.2. The molecular formula is C15H18N6O2. The van der Waals surface area contributed by atoms with Gasteiger partial charge in [-0.15, -0.1) is 0 Å². The molecule has 1 amide bonds. The molecule has 0 saturated heterocycles. The maximum absolute atomic E-state index is 12.5. The Morgan fingerprint density at radius 2 is 2.17 bits per heavy atom. The number of amides is 1. The maximum atomic E-state index is 12.5. The summed E-state index contributed by atoms with van der Waals surface area (Å²) in [6.07, 6.45) is 3.30. The van der Waals surface area contributed by atoms with E-state index in [-0.39, 0.29) is 18.5 Å². The fourth-order valence-corrected chi connectivity index (χ4v) is 2.34. The van der Waals surface area contributed by atoms with Gasteiger partial charge in [-0.3, -0.25) is 4.79 Å². The van der Waals surface area contributed by atoms with Crippen LogP contribution in [-0.2, 0) is 6.54 Å². The summed E-state index contributed by atoms with van der Waals surface area (Å²) in [7, 11) is 1.69. The number of hydrogen-bond donors (Lipinski definition) is 0. The van der Waals surface area contributed by atoms with Crippen LogP contribution in [0.1, 0.15) is 42.0 Å². The second-order valence-corrected chi connectivity index (χ2v) is 5.71. The molecule has 0 N–H and O–H groups in total. The number of carbonyl (C=O) groups is 1. The summed E-state index contributed by atoms with van der Waals surface area (Å²) < 4.78 is 6.74. The van der Waals surface area contributed by atoms with E-state index in [1.54, 1.807) is 32.4 Å². The fraction of sp³-hybridized carbons (Fsp3) is 0.400. The quantitative estimate of drug-likeness (QED) is 0.731. The molecule has 120 valence electrons. The molecule has 3 aromatic rings. The van der Waals surface area contributed by atoms with E-state index in [1.165, 1.54) is 4.90 Å². The zero-order valence-electron chi connectivity index (χ0n) is 13.5. The number of nitrogens with zero attached hydrogens (tertiary/aromatic N) is 6. The van der Waals surface area contributed by atoms with E-state index in [1.807, 2.05) is 18.5 Å². The Hall–Kier alpha value is -2.77. The highest BCUT2D eigenvalue weighted by Crippen LogP contribution is 2.17. The van der Waals surface area contributed by atoms with Crippen molar-refractivity contribution in [3.8, 4) is 0 Å². The molecule has 3 rings (SSSR count). The third-order valence-corrected chi connectivity index (χ3v) is 3.46.